The second-order valence-corrected chi connectivity index (χ2v) is 13.5. The van der Waals surface area contributed by atoms with Crippen LogP contribution in [0.5, 0.6) is 5.75 Å². The fourth-order valence-corrected chi connectivity index (χ4v) is 10.2. The van der Waals surface area contributed by atoms with Gasteiger partial charge >= 0.3 is 10.1 Å². The zero-order valence-corrected chi connectivity index (χ0v) is 24.5. The van der Waals surface area contributed by atoms with Gasteiger partial charge in [-0.2, -0.15) is 8.42 Å². The Morgan fingerprint density at radius 1 is 0.750 bits per heavy atom. The molecule has 0 heterocycles. The smallest absolute Gasteiger partial charge is 0.341 e. The zero-order chi connectivity index (χ0) is 23.3. The van der Waals surface area contributed by atoms with E-state index in [1.165, 1.54) is 6.07 Å². The van der Waals surface area contributed by atoms with E-state index in [4.69, 9.17) is 4.18 Å². The minimum atomic E-state index is -4.67. The molecule has 0 amide bonds. The summed E-state index contributed by atoms with van der Waals surface area (Å²) in [6.45, 7) is 0. The monoisotopic (exact) mass is 809 g/mol. The van der Waals surface area contributed by atoms with Gasteiger partial charge in [-0.05, 0) is 122 Å². The molecule has 0 aromatic heterocycles. The maximum atomic E-state index is 13.5. The standard InChI is InChI=1S/C21H17I3O6S2/c22-18-14-8-4-5-9-15(14)19(23)21(20(18)24)32(28,29)30-16-10-11-17(31(25,26)27)13-7-3-1-2-6-12(13)16/h4-5,8-11H,1-3,6-7H2,(H,25,26,27)/p-1. The second kappa shape index (κ2) is 9.43. The Morgan fingerprint density at radius 3 is 1.97 bits per heavy atom. The van der Waals surface area contributed by atoms with E-state index in [1.807, 2.05) is 69.4 Å². The highest BCUT2D eigenvalue weighted by Crippen LogP contribution is 2.39. The third-order valence-electron chi connectivity index (χ3n) is 5.41. The Labute approximate surface area is 227 Å². The number of rotatable bonds is 4. The van der Waals surface area contributed by atoms with Gasteiger partial charge in [0.05, 0.1) is 8.47 Å². The van der Waals surface area contributed by atoms with E-state index < -0.39 is 20.2 Å². The molecule has 0 saturated carbocycles. The molecule has 170 valence electrons. The summed E-state index contributed by atoms with van der Waals surface area (Å²) in [5.41, 5.74) is 0.867. The summed E-state index contributed by atoms with van der Waals surface area (Å²) in [4.78, 5) is -0.201. The molecule has 0 saturated heterocycles. The van der Waals surface area contributed by atoms with Gasteiger partial charge in [0.25, 0.3) is 0 Å². The minimum Gasteiger partial charge on any atom is -0.744 e. The molecule has 0 fully saturated rings. The molecule has 4 rings (SSSR count). The van der Waals surface area contributed by atoms with Crippen LogP contribution in [0.4, 0.5) is 0 Å². The second-order valence-electron chi connectivity index (χ2n) is 7.39. The zero-order valence-electron chi connectivity index (χ0n) is 16.4. The third-order valence-corrected chi connectivity index (χ3v) is 12.7. The van der Waals surface area contributed by atoms with Crippen LogP contribution in [0.2, 0.25) is 0 Å². The lowest BCUT2D eigenvalue weighted by molar-refractivity contribution is 0.461. The first-order valence-electron chi connectivity index (χ1n) is 9.62. The summed E-state index contributed by atoms with van der Waals surface area (Å²) in [6.07, 6.45) is 3.19. The van der Waals surface area contributed by atoms with Crippen LogP contribution in [0.25, 0.3) is 10.8 Å². The summed E-state index contributed by atoms with van der Waals surface area (Å²) in [6, 6.07) is 10.0. The highest BCUT2D eigenvalue weighted by Gasteiger charge is 2.29. The van der Waals surface area contributed by atoms with Crippen molar-refractivity contribution >= 4 is 98.8 Å². The lowest BCUT2D eigenvalue weighted by atomic mass is 10.0. The molecule has 0 radical (unpaired) electrons. The molecule has 1 aliphatic carbocycles. The van der Waals surface area contributed by atoms with Crippen LogP contribution in [0.3, 0.4) is 0 Å². The topological polar surface area (TPSA) is 101 Å². The molecule has 11 heteroatoms. The summed E-state index contributed by atoms with van der Waals surface area (Å²) < 4.78 is 69.8. The molecule has 3 aromatic rings. The van der Waals surface area contributed by atoms with Gasteiger partial charge in [-0.3, -0.25) is 0 Å². The van der Waals surface area contributed by atoms with Gasteiger partial charge in [0.2, 0.25) is 0 Å². The van der Waals surface area contributed by atoms with E-state index in [2.05, 4.69) is 22.6 Å². The normalized spacial score (nSPS) is 14.8. The maximum Gasteiger partial charge on any atom is 0.341 e. The van der Waals surface area contributed by atoms with E-state index in [1.54, 1.807) is 0 Å². The van der Waals surface area contributed by atoms with Crippen molar-refractivity contribution in [2.24, 2.45) is 0 Å². The van der Waals surface area contributed by atoms with E-state index >= 15 is 0 Å². The van der Waals surface area contributed by atoms with Crippen LogP contribution in [0.1, 0.15) is 30.4 Å². The molecule has 0 atom stereocenters. The Morgan fingerprint density at radius 2 is 1.34 bits per heavy atom. The van der Waals surface area contributed by atoms with Crippen LogP contribution in [0, 0.1) is 10.7 Å². The van der Waals surface area contributed by atoms with E-state index in [0.29, 0.717) is 31.1 Å². The van der Waals surface area contributed by atoms with Crippen LogP contribution >= 0.6 is 67.8 Å². The molecule has 0 aliphatic heterocycles. The first kappa shape index (κ1) is 24.9. The molecular weight excluding hydrogens is 793 g/mol. The van der Waals surface area contributed by atoms with Crippen LogP contribution < -0.4 is 4.18 Å². The summed E-state index contributed by atoms with van der Waals surface area (Å²) >= 11 is 6.18. The van der Waals surface area contributed by atoms with E-state index in [9.17, 15) is 21.4 Å². The SMILES string of the molecule is O=S(=O)([O-])c1ccc(OS(=O)(=O)c2c(I)c(I)c3ccccc3c2I)c2c1CCCCC2. The van der Waals surface area contributed by atoms with Gasteiger partial charge < -0.3 is 8.74 Å². The molecule has 3 aromatic carbocycles. The first-order valence-corrected chi connectivity index (χ1v) is 15.7. The van der Waals surface area contributed by atoms with Crippen LogP contribution in [-0.2, 0) is 33.1 Å². The molecule has 32 heavy (non-hydrogen) atoms. The van der Waals surface area contributed by atoms with Gasteiger partial charge in [0.1, 0.15) is 20.8 Å². The molecule has 0 unspecified atom stereocenters. The summed E-state index contributed by atoms with van der Waals surface area (Å²) in [5.74, 6) is 0.0871. The quantitative estimate of drug-likeness (QED) is 0.112. The Bertz CT molecular complexity index is 1450. The molecule has 0 bridgehead atoms. The van der Waals surface area contributed by atoms with Crippen molar-refractivity contribution in [3.8, 4) is 5.75 Å². The van der Waals surface area contributed by atoms with Crippen molar-refractivity contribution in [1.29, 1.82) is 0 Å². The molecule has 6 nitrogen and oxygen atoms in total. The fraction of sp³-hybridized carbons (Fsp3) is 0.238. The molecule has 1 aliphatic rings. The fourth-order valence-electron chi connectivity index (χ4n) is 3.97. The number of benzene rings is 3. The van der Waals surface area contributed by atoms with Crippen molar-refractivity contribution in [2.75, 3.05) is 0 Å². The summed E-state index contributed by atoms with van der Waals surface area (Å²) in [7, 11) is -8.90. The predicted molar refractivity (Wildman–Crippen MR) is 146 cm³/mol. The van der Waals surface area contributed by atoms with Crippen LogP contribution in [-0.4, -0.2) is 21.4 Å². The summed E-state index contributed by atoms with van der Waals surface area (Å²) in [5, 5.41) is 1.77. The maximum absolute atomic E-state index is 13.5. The number of hydrogen-bond donors (Lipinski definition) is 0. The van der Waals surface area contributed by atoms with Gasteiger partial charge in [-0.25, -0.2) is 8.42 Å². The highest BCUT2D eigenvalue weighted by molar-refractivity contribution is 14.1. The van der Waals surface area contributed by atoms with Gasteiger partial charge in [0, 0.05) is 12.7 Å². The third kappa shape index (κ3) is 4.65. The van der Waals surface area contributed by atoms with Gasteiger partial charge in [0.15, 0.2) is 0 Å². The predicted octanol–water partition coefficient (Wildman–Crippen LogP) is 5.59. The number of fused-ring (bicyclic) bond motifs is 2. The Hall–Kier alpha value is -0.230. The highest BCUT2D eigenvalue weighted by atomic mass is 127. The largest absolute Gasteiger partial charge is 0.744 e. The lowest BCUT2D eigenvalue weighted by Crippen LogP contribution is -2.16. The van der Waals surface area contributed by atoms with Crippen molar-refractivity contribution in [2.45, 2.75) is 41.9 Å². The van der Waals surface area contributed by atoms with Gasteiger partial charge in [-0.1, -0.05) is 30.7 Å². The molecule has 0 N–H and O–H groups in total. The number of hydrogen-bond acceptors (Lipinski definition) is 6. The average molecular weight is 809 g/mol. The van der Waals surface area contributed by atoms with Crippen molar-refractivity contribution < 1.29 is 25.6 Å². The van der Waals surface area contributed by atoms with Gasteiger partial charge in [-0.15, -0.1) is 0 Å². The first-order chi connectivity index (χ1) is 15.0. The van der Waals surface area contributed by atoms with Crippen molar-refractivity contribution in [1.82, 2.24) is 0 Å². The Balaban J connectivity index is 1.89. The van der Waals surface area contributed by atoms with Crippen LogP contribution in [0.15, 0.2) is 46.2 Å². The van der Waals surface area contributed by atoms with Crippen molar-refractivity contribution in [3.63, 3.8) is 0 Å². The molecule has 0 spiro atoms. The van der Waals surface area contributed by atoms with E-state index in [0.717, 1.165) is 39.7 Å². The van der Waals surface area contributed by atoms with E-state index in [-0.39, 0.29) is 15.5 Å². The average Bonchev–Trinajstić information content (AvgIpc) is 2.97. The molecular formula is C21H16I3O6S2-. The number of halogens is 3. The minimum absolute atomic E-state index is 0.0871. The Kier molecular flexibility index (Phi) is 7.33. The lowest BCUT2D eigenvalue weighted by Gasteiger charge is -2.20. The van der Waals surface area contributed by atoms with Crippen molar-refractivity contribution in [3.05, 3.63) is 58.2 Å².